The molecule has 0 saturated carbocycles. The Bertz CT molecular complexity index is 948. The summed E-state index contributed by atoms with van der Waals surface area (Å²) in [6.45, 7) is 1.57. The number of amides is 3. The largest absolute Gasteiger partial charge is 0.507 e. The van der Waals surface area contributed by atoms with Gasteiger partial charge in [-0.1, -0.05) is 42.5 Å². The van der Waals surface area contributed by atoms with E-state index in [0.717, 1.165) is 5.56 Å². The van der Waals surface area contributed by atoms with E-state index in [9.17, 15) is 19.5 Å². The fraction of sp³-hybridized carbons (Fsp3) is 0.238. The van der Waals surface area contributed by atoms with E-state index in [1.54, 1.807) is 19.1 Å². The van der Waals surface area contributed by atoms with Crippen molar-refractivity contribution in [1.29, 1.82) is 0 Å². The zero-order valence-electron chi connectivity index (χ0n) is 17.2. The van der Waals surface area contributed by atoms with Gasteiger partial charge >= 0.3 is 6.09 Å². The van der Waals surface area contributed by atoms with Crippen LogP contribution in [0.3, 0.4) is 0 Å². The average molecular weight is 427 g/mol. The number of para-hydroxylation sites is 1. The lowest BCUT2D eigenvalue weighted by Crippen LogP contribution is -2.53. The summed E-state index contributed by atoms with van der Waals surface area (Å²) in [7, 11) is 1.20. The number of carbonyl (C=O) groups excluding carboxylic acids is 3. The number of methoxy groups -OCH3 is 1. The number of ether oxygens (including phenoxy) is 1. The molecule has 2 atom stereocenters. The van der Waals surface area contributed by atoms with Gasteiger partial charge in [0.05, 0.1) is 18.7 Å². The SMILES string of the molecule is COC(=O)N[C@@H](Cc1ccccc1)C(=O)N[C@@H](C)/C(N)=N/NC(=O)c1ccccc1O. The number of carbonyl (C=O) groups is 3. The Kier molecular flexibility index (Phi) is 8.38. The summed E-state index contributed by atoms with van der Waals surface area (Å²) in [6, 6.07) is 13.4. The van der Waals surface area contributed by atoms with Crippen molar-refractivity contribution >= 4 is 23.7 Å². The highest BCUT2D eigenvalue weighted by Crippen LogP contribution is 2.14. The number of rotatable bonds is 8. The van der Waals surface area contributed by atoms with Crippen LogP contribution >= 0.6 is 0 Å². The maximum atomic E-state index is 12.7. The molecule has 0 heterocycles. The first-order chi connectivity index (χ1) is 14.8. The highest BCUT2D eigenvalue weighted by atomic mass is 16.5. The lowest BCUT2D eigenvalue weighted by Gasteiger charge is -2.21. The fourth-order valence-corrected chi connectivity index (χ4v) is 2.59. The molecule has 0 radical (unpaired) electrons. The Labute approximate surface area is 179 Å². The molecule has 2 aromatic carbocycles. The number of amidine groups is 1. The van der Waals surface area contributed by atoms with Gasteiger partial charge in [0.25, 0.3) is 5.91 Å². The van der Waals surface area contributed by atoms with Gasteiger partial charge in [0.2, 0.25) is 5.91 Å². The standard InChI is InChI=1S/C21H25N5O5/c1-13(18(22)25-26-19(28)15-10-6-7-11-17(15)27)23-20(29)16(24-21(30)31-2)12-14-8-4-3-5-9-14/h3-11,13,16,27H,12H2,1-2H3,(H2,22,25)(H,23,29)(H,24,30)(H,26,28)/t13-,16-/m0/s1. The minimum atomic E-state index is -0.916. The van der Waals surface area contributed by atoms with Crippen molar-refractivity contribution in [3.05, 3.63) is 65.7 Å². The van der Waals surface area contributed by atoms with Crippen molar-refractivity contribution in [2.75, 3.05) is 7.11 Å². The van der Waals surface area contributed by atoms with E-state index in [1.165, 1.54) is 19.2 Å². The lowest BCUT2D eigenvalue weighted by molar-refractivity contribution is -0.123. The Hall–Kier alpha value is -4.08. The van der Waals surface area contributed by atoms with Gasteiger partial charge in [0.1, 0.15) is 17.6 Å². The van der Waals surface area contributed by atoms with E-state index in [1.807, 2.05) is 30.3 Å². The van der Waals surface area contributed by atoms with Crippen LogP contribution in [0, 0.1) is 0 Å². The number of hydrogen-bond donors (Lipinski definition) is 5. The molecule has 31 heavy (non-hydrogen) atoms. The highest BCUT2D eigenvalue weighted by molar-refractivity contribution is 5.98. The van der Waals surface area contributed by atoms with Crippen molar-refractivity contribution in [1.82, 2.24) is 16.1 Å². The van der Waals surface area contributed by atoms with Crippen LogP contribution in [0.1, 0.15) is 22.8 Å². The van der Waals surface area contributed by atoms with Crippen molar-refractivity contribution in [3.8, 4) is 5.75 Å². The van der Waals surface area contributed by atoms with Gasteiger partial charge in [-0.3, -0.25) is 9.59 Å². The number of aromatic hydroxyl groups is 1. The molecule has 10 heteroatoms. The van der Waals surface area contributed by atoms with Gasteiger partial charge in [-0.15, -0.1) is 0 Å². The fourth-order valence-electron chi connectivity index (χ4n) is 2.59. The topological polar surface area (TPSA) is 155 Å². The number of phenolic OH excluding ortho intramolecular Hbond substituents is 1. The smallest absolute Gasteiger partial charge is 0.407 e. The molecule has 2 rings (SSSR count). The number of nitrogens with two attached hydrogens (primary N) is 1. The highest BCUT2D eigenvalue weighted by Gasteiger charge is 2.24. The molecule has 0 saturated heterocycles. The van der Waals surface area contributed by atoms with Gasteiger partial charge in [-0.25, -0.2) is 10.2 Å². The van der Waals surface area contributed by atoms with E-state index in [4.69, 9.17) is 5.73 Å². The summed E-state index contributed by atoms with van der Waals surface area (Å²) in [5.41, 5.74) is 8.95. The van der Waals surface area contributed by atoms with E-state index < -0.39 is 30.0 Å². The molecule has 6 N–H and O–H groups in total. The number of alkyl carbamates (subject to hydrolysis) is 1. The number of hydrogen-bond acceptors (Lipinski definition) is 6. The van der Waals surface area contributed by atoms with E-state index in [2.05, 4.69) is 25.9 Å². The molecule has 10 nitrogen and oxygen atoms in total. The summed E-state index contributed by atoms with van der Waals surface area (Å²) in [5.74, 6) is -1.44. The first-order valence-electron chi connectivity index (χ1n) is 9.42. The Morgan fingerprint density at radius 2 is 1.71 bits per heavy atom. The summed E-state index contributed by atoms with van der Waals surface area (Å²) < 4.78 is 4.59. The third-order valence-electron chi connectivity index (χ3n) is 4.31. The Balaban J connectivity index is 2.02. The van der Waals surface area contributed by atoms with Gasteiger partial charge in [-0.05, 0) is 24.6 Å². The maximum absolute atomic E-state index is 12.7. The molecule has 0 aliphatic rings. The van der Waals surface area contributed by atoms with Gasteiger partial charge < -0.3 is 26.2 Å². The van der Waals surface area contributed by atoms with E-state index >= 15 is 0 Å². The van der Waals surface area contributed by atoms with Gasteiger partial charge in [-0.2, -0.15) is 5.10 Å². The number of hydrazone groups is 1. The molecule has 2 aromatic rings. The van der Waals surface area contributed by atoms with Crippen LogP contribution < -0.4 is 21.8 Å². The van der Waals surface area contributed by atoms with Crippen LogP contribution in [0.15, 0.2) is 59.7 Å². The number of nitrogens with one attached hydrogen (secondary N) is 3. The number of phenols is 1. The zero-order chi connectivity index (χ0) is 22.8. The number of benzene rings is 2. The molecule has 0 spiro atoms. The third kappa shape index (κ3) is 7.03. The second kappa shape index (κ2) is 11.2. The van der Waals surface area contributed by atoms with Crippen LogP contribution in [-0.4, -0.2) is 48.0 Å². The maximum Gasteiger partial charge on any atom is 0.407 e. The van der Waals surface area contributed by atoms with E-state index in [-0.39, 0.29) is 23.6 Å². The minimum Gasteiger partial charge on any atom is -0.507 e. The van der Waals surface area contributed by atoms with Crippen LogP contribution in [0.5, 0.6) is 5.75 Å². The molecular formula is C21H25N5O5. The van der Waals surface area contributed by atoms with Crippen molar-refractivity contribution in [2.24, 2.45) is 10.8 Å². The molecule has 3 amide bonds. The second-order valence-electron chi connectivity index (χ2n) is 6.60. The monoisotopic (exact) mass is 427 g/mol. The quantitative estimate of drug-likeness (QED) is 0.239. The van der Waals surface area contributed by atoms with Gasteiger partial charge in [0.15, 0.2) is 0 Å². The van der Waals surface area contributed by atoms with Gasteiger partial charge in [0, 0.05) is 6.42 Å². The van der Waals surface area contributed by atoms with Crippen LogP contribution in [-0.2, 0) is 16.0 Å². The molecular weight excluding hydrogens is 402 g/mol. The number of nitrogens with zero attached hydrogens (tertiary/aromatic N) is 1. The van der Waals surface area contributed by atoms with E-state index in [0.29, 0.717) is 0 Å². The zero-order valence-corrected chi connectivity index (χ0v) is 17.2. The molecule has 0 bridgehead atoms. The van der Waals surface area contributed by atoms with Crippen molar-refractivity contribution < 1.29 is 24.2 Å². The molecule has 0 aromatic heterocycles. The molecule has 164 valence electrons. The Morgan fingerprint density at radius 3 is 2.35 bits per heavy atom. The third-order valence-corrected chi connectivity index (χ3v) is 4.31. The molecule has 0 fully saturated rings. The second-order valence-corrected chi connectivity index (χ2v) is 6.60. The summed E-state index contributed by atoms with van der Waals surface area (Å²) in [5, 5.41) is 18.6. The Morgan fingerprint density at radius 1 is 1.06 bits per heavy atom. The van der Waals surface area contributed by atoms with Crippen molar-refractivity contribution in [3.63, 3.8) is 0 Å². The molecule has 0 aliphatic carbocycles. The van der Waals surface area contributed by atoms with Crippen LogP contribution in [0.2, 0.25) is 0 Å². The predicted molar refractivity (Wildman–Crippen MR) is 114 cm³/mol. The first-order valence-corrected chi connectivity index (χ1v) is 9.42. The summed E-state index contributed by atoms with van der Waals surface area (Å²) in [4.78, 5) is 36.5. The predicted octanol–water partition coefficient (Wildman–Crippen LogP) is 0.866. The van der Waals surface area contributed by atoms with Crippen molar-refractivity contribution in [2.45, 2.75) is 25.4 Å². The normalized spacial score (nSPS) is 12.9. The summed E-state index contributed by atoms with van der Waals surface area (Å²) >= 11 is 0. The molecule has 0 unspecified atom stereocenters. The lowest BCUT2D eigenvalue weighted by atomic mass is 10.1. The first kappa shape index (κ1) is 23.2. The van der Waals surface area contributed by atoms with Crippen LogP contribution in [0.4, 0.5) is 4.79 Å². The van der Waals surface area contributed by atoms with Crippen LogP contribution in [0.25, 0.3) is 0 Å². The molecule has 0 aliphatic heterocycles. The summed E-state index contributed by atoms with van der Waals surface area (Å²) in [6.07, 6.45) is -0.518. The minimum absolute atomic E-state index is 0.0286. The average Bonchev–Trinajstić information content (AvgIpc) is 2.77.